The number of hydrogen-bond acceptors (Lipinski definition) is 6. The van der Waals surface area contributed by atoms with Crippen molar-refractivity contribution in [1.29, 1.82) is 0 Å². The summed E-state index contributed by atoms with van der Waals surface area (Å²) < 4.78 is 19.5. The lowest BCUT2D eigenvalue weighted by atomic mass is 9.80. The van der Waals surface area contributed by atoms with Gasteiger partial charge in [-0.25, -0.2) is 4.79 Å². The fraction of sp³-hybridized carbons (Fsp3) is 0.472. The molecule has 0 radical (unpaired) electrons. The normalized spacial score (nSPS) is 22.5. The Balaban J connectivity index is 1.66. The van der Waals surface area contributed by atoms with Gasteiger partial charge in [0.2, 0.25) is 5.60 Å². The first kappa shape index (κ1) is 33.1. The van der Waals surface area contributed by atoms with Crippen LogP contribution in [-0.4, -0.2) is 55.0 Å². The molecule has 232 valence electrons. The van der Waals surface area contributed by atoms with E-state index >= 15 is 0 Å². The molecule has 0 bridgehead atoms. The predicted octanol–water partition coefficient (Wildman–Crippen LogP) is 5.38. The van der Waals surface area contributed by atoms with Crippen molar-refractivity contribution in [3.05, 3.63) is 96.6 Å². The van der Waals surface area contributed by atoms with E-state index in [2.05, 4.69) is 76.2 Å². The molecule has 1 saturated heterocycles. The summed E-state index contributed by atoms with van der Waals surface area (Å²) >= 11 is 0. The summed E-state index contributed by atoms with van der Waals surface area (Å²) in [5.74, 6) is -0.954. The summed E-state index contributed by atoms with van der Waals surface area (Å²) in [5, 5.41) is 24.6. The molecule has 0 saturated carbocycles. The van der Waals surface area contributed by atoms with Crippen molar-refractivity contribution in [2.45, 2.75) is 95.9 Å². The molecule has 4 rings (SSSR count). The van der Waals surface area contributed by atoms with Crippen LogP contribution in [-0.2, 0) is 25.3 Å². The third-order valence-electron chi connectivity index (χ3n) is 8.83. The zero-order valence-corrected chi connectivity index (χ0v) is 27.2. The van der Waals surface area contributed by atoms with Crippen molar-refractivity contribution in [3.63, 3.8) is 0 Å². The van der Waals surface area contributed by atoms with E-state index in [-0.39, 0.29) is 30.4 Å². The Labute approximate surface area is 258 Å². The Morgan fingerprint density at radius 1 is 0.930 bits per heavy atom. The van der Waals surface area contributed by atoms with E-state index in [0.29, 0.717) is 6.61 Å². The van der Waals surface area contributed by atoms with Crippen molar-refractivity contribution >= 4 is 24.7 Å². The highest BCUT2D eigenvalue weighted by atomic mass is 28.4. The molecule has 0 aliphatic carbocycles. The van der Waals surface area contributed by atoms with Crippen LogP contribution in [0.4, 0.5) is 0 Å². The number of aliphatic hydroxyl groups is 2. The van der Waals surface area contributed by atoms with Gasteiger partial charge in [-0.15, -0.1) is 0 Å². The molecular weight excluding hydrogens is 556 g/mol. The van der Waals surface area contributed by atoms with Crippen LogP contribution in [0.1, 0.15) is 65.9 Å². The molecule has 2 N–H and O–H groups in total. The second kappa shape index (κ2) is 14.3. The van der Waals surface area contributed by atoms with E-state index in [4.69, 9.17) is 13.9 Å². The van der Waals surface area contributed by atoms with Gasteiger partial charge in [-0.05, 0) is 33.8 Å². The molecule has 0 spiro atoms. The zero-order chi connectivity index (χ0) is 31.1. The zero-order valence-electron chi connectivity index (χ0n) is 26.2. The van der Waals surface area contributed by atoms with Crippen LogP contribution >= 0.6 is 0 Å². The van der Waals surface area contributed by atoms with Crippen molar-refractivity contribution in [2.75, 3.05) is 6.61 Å². The van der Waals surface area contributed by atoms with E-state index in [1.165, 1.54) is 10.4 Å². The first-order valence-electron chi connectivity index (χ1n) is 15.6. The molecular formula is C36H48O6Si. The number of hydrogen-bond donors (Lipinski definition) is 2. The number of aliphatic hydroxyl groups excluding tert-OH is 1. The number of rotatable bonds is 13. The molecule has 1 aliphatic rings. The Morgan fingerprint density at radius 3 is 1.95 bits per heavy atom. The van der Waals surface area contributed by atoms with Gasteiger partial charge in [0.15, 0.2) is 0 Å². The van der Waals surface area contributed by atoms with Crippen molar-refractivity contribution in [3.8, 4) is 0 Å². The number of carbonyl (C=O) groups excluding carboxylic acids is 1. The monoisotopic (exact) mass is 604 g/mol. The number of cyclic esters (lactones) is 1. The van der Waals surface area contributed by atoms with Gasteiger partial charge in [-0.1, -0.05) is 132 Å². The lowest BCUT2D eigenvalue weighted by molar-refractivity contribution is -0.237. The first-order chi connectivity index (χ1) is 20.6. The van der Waals surface area contributed by atoms with Crippen molar-refractivity contribution in [2.24, 2.45) is 5.92 Å². The molecule has 3 aromatic carbocycles. The fourth-order valence-corrected chi connectivity index (χ4v) is 11.1. The van der Waals surface area contributed by atoms with Crippen LogP contribution in [0.25, 0.3) is 0 Å². The van der Waals surface area contributed by atoms with Crippen LogP contribution in [0.5, 0.6) is 0 Å². The molecule has 0 aromatic heterocycles. The molecule has 1 heterocycles. The second-order valence-electron chi connectivity index (χ2n) is 12.7. The Hall–Kier alpha value is -2.81. The fourth-order valence-electron chi connectivity index (χ4n) is 6.46. The summed E-state index contributed by atoms with van der Waals surface area (Å²) in [6.07, 6.45) is -0.662. The van der Waals surface area contributed by atoms with E-state index < -0.39 is 38.2 Å². The Morgan fingerprint density at radius 2 is 1.47 bits per heavy atom. The molecule has 6 nitrogen and oxygen atoms in total. The third kappa shape index (κ3) is 6.97. The van der Waals surface area contributed by atoms with Gasteiger partial charge in [0, 0.05) is 18.9 Å². The van der Waals surface area contributed by atoms with E-state index in [1.807, 2.05) is 42.5 Å². The highest BCUT2D eigenvalue weighted by molar-refractivity contribution is 6.99. The minimum atomic E-state index is -2.81. The highest BCUT2D eigenvalue weighted by Gasteiger charge is 2.57. The highest BCUT2D eigenvalue weighted by Crippen LogP contribution is 2.39. The average molecular weight is 605 g/mol. The molecule has 1 fully saturated rings. The van der Waals surface area contributed by atoms with Gasteiger partial charge < -0.3 is 24.1 Å². The average Bonchev–Trinajstić information content (AvgIpc) is 3.01. The van der Waals surface area contributed by atoms with Crippen LogP contribution in [0.2, 0.25) is 5.04 Å². The number of carbonyl (C=O) groups is 1. The van der Waals surface area contributed by atoms with E-state index in [0.717, 1.165) is 18.4 Å². The molecule has 5 atom stereocenters. The molecule has 43 heavy (non-hydrogen) atoms. The van der Waals surface area contributed by atoms with Gasteiger partial charge in [-0.3, -0.25) is 0 Å². The van der Waals surface area contributed by atoms with E-state index in [1.54, 1.807) is 6.92 Å². The number of esters is 1. The Bertz CT molecular complexity index is 1240. The number of ether oxygens (including phenoxy) is 2. The molecule has 3 aromatic rings. The lowest BCUT2D eigenvalue weighted by Gasteiger charge is -2.46. The lowest BCUT2D eigenvalue weighted by Crippen LogP contribution is -2.67. The largest absolute Gasteiger partial charge is 0.460 e. The standard InChI is InChI=1S/C36H48O6Si/c1-6-17-28(26-41-43(35(3,4)5,29-20-13-9-14-21-29)30-22-15-10-16-23-30)31-24-33(40-25-27-18-11-8-12-19-27)36(39,32(37)7-2)34(38)42-31/h8-16,18-23,28,31-33,37,39H,6-7,17,24-26H2,1-5H3/t28-,31-,32-,33-,36-/m0/s1. The summed E-state index contributed by atoms with van der Waals surface area (Å²) in [6, 6.07) is 30.6. The van der Waals surface area contributed by atoms with Crippen LogP contribution in [0.3, 0.4) is 0 Å². The van der Waals surface area contributed by atoms with Gasteiger partial charge in [0.1, 0.15) is 12.2 Å². The maximum atomic E-state index is 13.5. The predicted molar refractivity (Wildman–Crippen MR) is 173 cm³/mol. The van der Waals surface area contributed by atoms with Crippen LogP contribution in [0, 0.1) is 5.92 Å². The van der Waals surface area contributed by atoms with Gasteiger partial charge >= 0.3 is 5.97 Å². The molecule has 7 heteroatoms. The van der Waals surface area contributed by atoms with Gasteiger partial charge in [0.05, 0.1) is 12.7 Å². The van der Waals surface area contributed by atoms with Crippen molar-refractivity contribution in [1.82, 2.24) is 0 Å². The van der Waals surface area contributed by atoms with Crippen LogP contribution in [0.15, 0.2) is 91.0 Å². The maximum absolute atomic E-state index is 13.5. The minimum Gasteiger partial charge on any atom is -0.460 e. The quantitative estimate of drug-likeness (QED) is 0.201. The topological polar surface area (TPSA) is 85.2 Å². The SMILES string of the molecule is CCC[C@@H](CO[Si](c1ccccc1)(c1ccccc1)C(C)(C)C)[C@@H]1C[C@H](OCc2ccccc2)[C@@](O)([C@@H](O)CC)C(=O)O1. The summed E-state index contributed by atoms with van der Waals surface area (Å²) in [6.45, 7) is 11.2. The van der Waals surface area contributed by atoms with E-state index in [9.17, 15) is 15.0 Å². The van der Waals surface area contributed by atoms with Crippen molar-refractivity contribution < 1.29 is 28.9 Å². The molecule has 0 amide bonds. The Kier molecular flexibility index (Phi) is 11.0. The number of benzene rings is 3. The summed E-state index contributed by atoms with van der Waals surface area (Å²) in [5.41, 5.74) is -1.22. The summed E-state index contributed by atoms with van der Waals surface area (Å²) in [4.78, 5) is 13.5. The van der Waals surface area contributed by atoms with Gasteiger partial charge in [0.25, 0.3) is 8.32 Å². The third-order valence-corrected chi connectivity index (χ3v) is 13.8. The minimum absolute atomic E-state index is 0.123. The molecule has 1 aliphatic heterocycles. The second-order valence-corrected chi connectivity index (χ2v) is 17.0. The van der Waals surface area contributed by atoms with Crippen LogP contribution < -0.4 is 10.4 Å². The maximum Gasteiger partial charge on any atom is 0.343 e. The molecule has 0 unspecified atom stereocenters. The smallest absolute Gasteiger partial charge is 0.343 e. The van der Waals surface area contributed by atoms with Gasteiger partial charge in [-0.2, -0.15) is 0 Å². The first-order valence-corrected chi connectivity index (χ1v) is 17.5. The summed E-state index contributed by atoms with van der Waals surface area (Å²) in [7, 11) is -2.81.